The molecule has 0 aliphatic carbocycles. The fourth-order valence-corrected chi connectivity index (χ4v) is 3.43. The number of rotatable bonds is 4. The predicted molar refractivity (Wildman–Crippen MR) is 110 cm³/mol. The van der Waals surface area contributed by atoms with E-state index >= 15 is 0 Å². The Kier molecular flexibility index (Phi) is 4.58. The highest BCUT2D eigenvalue weighted by atomic mass is 35.5. The van der Waals surface area contributed by atoms with Gasteiger partial charge in [-0.05, 0) is 54.1 Å². The third-order valence-corrected chi connectivity index (χ3v) is 4.77. The highest BCUT2D eigenvalue weighted by Crippen LogP contribution is 2.34. The van der Waals surface area contributed by atoms with Gasteiger partial charge in [-0.3, -0.25) is 0 Å². The van der Waals surface area contributed by atoms with Crippen LogP contribution in [0, 0.1) is 0 Å². The van der Waals surface area contributed by atoms with Gasteiger partial charge in [0, 0.05) is 27.4 Å². The van der Waals surface area contributed by atoms with Crippen molar-refractivity contribution in [2.75, 3.05) is 12.4 Å². The van der Waals surface area contributed by atoms with Crippen molar-refractivity contribution >= 4 is 50.7 Å². The second kappa shape index (κ2) is 7.02. The molecular weight excluding hydrogens is 367 g/mol. The zero-order valence-corrected chi connectivity index (χ0v) is 15.6. The van der Waals surface area contributed by atoms with Crippen LogP contribution in [0.4, 0.5) is 5.69 Å². The molecule has 4 rings (SSSR count). The molecule has 3 nitrogen and oxygen atoms in total. The Morgan fingerprint density at radius 1 is 0.885 bits per heavy atom. The number of halogens is 2. The average Bonchev–Trinajstić information content (AvgIpc) is 2.64. The topological polar surface area (TPSA) is 34.1 Å². The molecule has 0 saturated carbocycles. The van der Waals surface area contributed by atoms with Crippen LogP contribution < -0.4 is 10.1 Å². The van der Waals surface area contributed by atoms with E-state index in [1.807, 2.05) is 60.7 Å². The standard InChI is InChI=1S/C21H16Cl2N2O/c1-26-16-6-8-19-18(11-16)21(17-7-5-15(23)10-20(17)25-19)24-12-13-3-2-4-14(22)9-13/h2-11H,12H2,1H3,(H,24,25). The molecule has 0 unspecified atom stereocenters. The van der Waals surface area contributed by atoms with Gasteiger partial charge in [-0.25, -0.2) is 4.98 Å². The first-order chi connectivity index (χ1) is 12.6. The number of nitrogens with one attached hydrogen (secondary N) is 1. The Balaban J connectivity index is 1.87. The lowest BCUT2D eigenvalue weighted by molar-refractivity contribution is 0.415. The smallest absolute Gasteiger partial charge is 0.119 e. The van der Waals surface area contributed by atoms with Gasteiger partial charge in [0.2, 0.25) is 0 Å². The van der Waals surface area contributed by atoms with Crippen LogP contribution >= 0.6 is 23.2 Å². The second-order valence-electron chi connectivity index (χ2n) is 6.01. The van der Waals surface area contributed by atoms with Crippen LogP contribution in [0.1, 0.15) is 5.56 Å². The van der Waals surface area contributed by atoms with Crippen molar-refractivity contribution in [2.24, 2.45) is 0 Å². The summed E-state index contributed by atoms with van der Waals surface area (Å²) in [5, 5.41) is 6.95. The minimum absolute atomic E-state index is 0.647. The maximum absolute atomic E-state index is 6.17. The van der Waals surface area contributed by atoms with E-state index in [4.69, 9.17) is 32.9 Å². The Bertz CT molecular complexity index is 1110. The summed E-state index contributed by atoms with van der Waals surface area (Å²) in [4.78, 5) is 4.74. The summed E-state index contributed by atoms with van der Waals surface area (Å²) in [6.45, 7) is 0.647. The van der Waals surface area contributed by atoms with E-state index in [9.17, 15) is 0 Å². The molecule has 3 aromatic carbocycles. The van der Waals surface area contributed by atoms with Crippen LogP contribution in [0.5, 0.6) is 5.75 Å². The molecule has 1 heterocycles. The van der Waals surface area contributed by atoms with Gasteiger partial charge in [0.05, 0.1) is 23.8 Å². The summed E-state index contributed by atoms with van der Waals surface area (Å²) in [5.41, 5.74) is 3.84. The predicted octanol–water partition coefficient (Wildman–Crippen LogP) is 6.32. The molecule has 1 N–H and O–H groups in total. The molecule has 0 amide bonds. The van der Waals surface area contributed by atoms with Crippen molar-refractivity contribution in [3.8, 4) is 5.75 Å². The van der Waals surface area contributed by atoms with Gasteiger partial charge in [-0.15, -0.1) is 0 Å². The van der Waals surface area contributed by atoms with E-state index in [0.29, 0.717) is 11.6 Å². The minimum Gasteiger partial charge on any atom is -0.497 e. The monoisotopic (exact) mass is 382 g/mol. The number of hydrogen-bond acceptors (Lipinski definition) is 3. The van der Waals surface area contributed by atoms with E-state index in [2.05, 4.69) is 5.32 Å². The summed E-state index contributed by atoms with van der Waals surface area (Å²) in [5.74, 6) is 0.790. The Morgan fingerprint density at radius 3 is 2.54 bits per heavy atom. The molecule has 1 aromatic heterocycles. The van der Waals surface area contributed by atoms with Gasteiger partial charge in [0.25, 0.3) is 0 Å². The van der Waals surface area contributed by atoms with Gasteiger partial charge in [0.1, 0.15) is 5.75 Å². The van der Waals surface area contributed by atoms with E-state index in [-0.39, 0.29) is 0 Å². The normalized spacial score (nSPS) is 11.0. The molecule has 0 radical (unpaired) electrons. The number of aromatic nitrogens is 1. The second-order valence-corrected chi connectivity index (χ2v) is 6.89. The average molecular weight is 383 g/mol. The maximum Gasteiger partial charge on any atom is 0.119 e. The molecule has 0 aliphatic rings. The molecule has 5 heteroatoms. The lowest BCUT2D eigenvalue weighted by Gasteiger charge is -2.14. The van der Waals surface area contributed by atoms with Crippen molar-refractivity contribution in [3.63, 3.8) is 0 Å². The van der Waals surface area contributed by atoms with Gasteiger partial charge in [-0.1, -0.05) is 35.3 Å². The molecule has 0 atom stereocenters. The Morgan fingerprint density at radius 2 is 1.73 bits per heavy atom. The van der Waals surface area contributed by atoms with Crippen LogP contribution in [0.3, 0.4) is 0 Å². The van der Waals surface area contributed by atoms with Crippen molar-refractivity contribution in [1.82, 2.24) is 4.98 Å². The first-order valence-electron chi connectivity index (χ1n) is 8.19. The van der Waals surface area contributed by atoms with Crippen molar-refractivity contribution in [2.45, 2.75) is 6.54 Å². The molecule has 0 spiro atoms. The zero-order valence-electron chi connectivity index (χ0n) is 14.1. The van der Waals surface area contributed by atoms with Crippen LogP contribution in [0.25, 0.3) is 21.8 Å². The van der Waals surface area contributed by atoms with E-state index in [0.717, 1.165) is 43.8 Å². The number of methoxy groups -OCH3 is 1. The molecule has 26 heavy (non-hydrogen) atoms. The Hall–Kier alpha value is -2.49. The Labute approximate surface area is 161 Å². The number of ether oxygens (including phenoxy) is 1. The molecule has 4 aromatic rings. The van der Waals surface area contributed by atoms with Crippen molar-refractivity contribution in [1.29, 1.82) is 0 Å². The van der Waals surface area contributed by atoms with E-state index in [1.165, 1.54) is 0 Å². The van der Waals surface area contributed by atoms with Gasteiger partial charge in [0.15, 0.2) is 0 Å². The first kappa shape index (κ1) is 17.0. The summed E-state index contributed by atoms with van der Waals surface area (Å²) in [7, 11) is 1.66. The SMILES string of the molecule is COc1ccc2nc3cc(Cl)ccc3c(NCc3cccc(Cl)c3)c2c1. The fourth-order valence-electron chi connectivity index (χ4n) is 3.05. The summed E-state index contributed by atoms with van der Waals surface area (Å²) in [6, 6.07) is 19.4. The van der Waals surface area contributed by atoms with E-state index < -0.39 is 0 Å². The lowest BCUT2D eigenvalue weighted by atomic mass is 10.1. The zero-order chi connectivity index (χ0) is 18.1. The molecule has 0 saturated heterocycles. The third kappa shape index (κ3) is 3.28. The van der Waals surface area contributed by atoms with Crippen LogP contribution in [0.15, 0.2) is 60.7 Å². The quantitative estimate of drug-likeness (QED) is 0.419. The summed E-state index contributed by atoms with van der Waals surface area (Å²) in [6.07, 6.45) is 0. The maximum atomic E-state index is 6.17. The minimum atomic E-state index is 0.647. The molecule has 130 valence electrons. The van der Waals surface area contributed by atoms with Crippen molar-refractivity contribution < 1.29 is 4.74 Å². The molecule has 0 aliphatic heterocycles. The van der Waals surface area contributed by atoms with Crippen LogP contribution in [-0.2, 0) is 6.54 Å². The number of nitrogens with zero attached hydrogens (tertiary/aromatic N) is 1. The largest absolute Gasteiger partial charge is 0.497 e. The van der Waals surface area contributed by atoms with Gasteiger partial charge >= 0.3 is 0 Å². The van der Waals surface area contributed by atoms with E-state index in [1.54, 1.807) is 7.11 Å². The highest BCUT2D eigenvalue weighted by Gasteiger charge is 2.11. The third-order valence-electron chi connectivity index (χ3n) is 4.30. The number of hydrogen-bond donors (Lipinski definition) is 1. The summed E-state index contributed by atoms with van der Waals surface area (Å²) < 4.78 is 5.39. The fraction of sp³-hybridized carbons (Fsp3) is 0.0952. The molecule has 0 fully saturated rings. The lowest BCUT2D eigenvalue weighted by Crippen LogP contribution is -2.02. The summed E-state index contributed by atoms with van der Waals surface area (Å²) >= 11 is 12.3. The number of pyridine rings is 1. The number of anilines is 1. The van der Waals surface area contributed by atoms with Gasteiger partial charge in [-0.2, -0.15) is 0 Å². The van der Waals surface area contributed by atoms with Gasteiger partial charge < -0.3 is 10.1 Å². The first-order valence-corrected chi connectivity index (χ1v) is 8.95. The van der Waals surface area contributed by atoms with Crippen LogP contribution in [0.2, 0.25) is 10.0 Å². The molecule has 0 bridgehead atoms. The number of fused-ring (bicyclic) bond motifs is 2. The molecular formula is C21H16Cl2N2O. The number of benzene rings is 3. The van der Waals surface area contributed by atoms with Crippen molar-refractivity contribution in [3.05, 3.63) is 76.3 Å². The highest BCUT2D eigenvalue weighted by molar-refractivity contribution is 6.31. The van der Waals surface area contributed by atoms with Crippen LogP contribution in [-0.4, -0.2) is 12.1 Å².